The average Bonchev–Trinajstić information content (AvgIpc) is 2.54. The van der Waals surface area contributed by atoms with E-state index in [1.807, 2.05) is 12.1 Å². The monoisotopic (exact) mass is 297 g/mol. The van der Waals surface area contributed by atoms with Gasteiger partial charge in [-0.2, -0.15) is 4.98 Å². The molecule has 2 N–H and O–H groups in total. The molecule has 5 heteroatoms. The summed E-state index contributed by atoms with van der Waals surface area (Å²) in [5.74, 6) is 1.51. The van der Waals surface area contributed by atoms with Crippen LogP contribution in [-0.4, -0.2) is 34.6 Å². The van der Waals surface area contributed by atoms with Crippen molar-refractivity contribution in [3.8, 4) is 0 Å². The standard InChI is InChI=1S/C17H23N5/c1-3-9-18-16-14-12-13(2)7-8-15(14)19-17(20-16)21-22-10-5-4-6-11-22/h3,7-8,12H,1,4-6,9-11H2,2H3,(H2,18,19,20,21). The highest BCUT2D eigenvalue weighted by atomic mass is 15.5. The van der Waals surface area contributed by atoms with Gasteiger partial charge in [-0.25, -0.2) is 9.99 Å². The predicted molar refractivity (Wildman–Crippen MR) is 92.0 cm³/mol. The normalized spacial score (nSPS) is 15.7. The molecule has 5 nitrogen and oxygen atoms in total. The summed E-state index contributed by atoms with van der Waals surface area (Å²) >= 11 is 0. The molecule has 1 aromatic carbocycles. The molecule has 0 aliphatic carbocycles. The Labute approximate surface area is 131 Å². The fourth-order valence-electron chi connectivity index (χ4n) is 2.74. The molecule has 0 radical (unpaired) electrons. The van der Waals surface area contributed by atoms with E-state index in [4.69, 9.17) is 0 Å². The van der Waals surface area contributed by atoms with Gasteiger partial charge in [0.15, 0.2) is 0 Å². The second-order valence-corrected chi connectivity index (χ2v) is 5.75. The Morgan fingerprint density at radius 2 is 2.05 bits per heavy atom. The van der Waals surface area contributed by atoms with E-state index >= 15 is 0 Å². The van der Waals surface area contributed by atoms with Gasteiger partial charge in [-0.3, -0.25) is 5.43 Å². The molecule has 1 aromatic heterocycles. The van der Waals surface area contributed by atoms with Crippen molar-refractivity contribution < 1.29 is 0 Å². The third-order valence-electron chi connectivity index (χ3n) is 3.88. The minimum Gasteiger partial charge on any atom is -0.366 e. The maximum Gasteiger partial charge on any atom is 0.240 e. The Balaban J connectivity index is 1.92. The number of rotatable bonds is 5. The number of fused-ring (bicyclic) bond motifs is 1. The maximum atomic E-state index is 4.65. The summed E-state index contributed by atoms with van der Waals surface area (Å²) in [6.07, 6.45) is 5.59. The first kappa shape index (κ1) is 14.8. The van der Waals surface area contributed by atoms with Crippen LogP contribution in [0.5, 0.6) is 0 Å². The maximum absolute atomic E-state index is 4.65. The highest BCUT2D eigenvalue weighted by Gasteiger charge is 2.13. The summed E-state index contributed by atoms with van der Waals surface area (Å²) in [5, 5.41) is 6.57. The lowest BCUT2D eigenvalue weighted by Gasteiger charge is -2.27. The van der Waals surface area contributed by atoms with E-state index in [9.17, 15) is 0 Å². The summed E-state index contributed by atoms with van der Waals surface area (Å²) in [5.41, 5.74) is 5.50. The molecular weight excluding hydrogens is 274 g/mol. The lowest BCUT2D eigenvalue weighted by Crippen LogP contribution is -2.35. The molecular formula is C17H23N5. The Hall–Kier alpha value is -2.14. The summed E-state index contributed by atoms with van der Waals surface area (Å²) in [4.78, 5) is 9.30. The van der Waals surface area contributed by atoms with Crippen LogP contribution < -0.4 is 10.7 Å². The first-order valence-corrected chi connectivity index (χ1v) is 7.91. The van der Waals surface area contributed by atoms with Gasteiger partial charge >= 0.3 is 0 Å². The Kier molecular flexibility index (Phi) is 4.53. The zero-order chi connectivity index (χ0) is 15.4. The van der Waals surface area contributed by atoms with Crippen LogP contribution in [0, 0.1) is 6.92 Å². The van der Waals surface area contributed by atoms with Crippen LogP contribution in [0.4, 0.5) is 11.8 Å². The van der Waals surface area contributed by atoms with E-state index in [0.29, 0.717) is 12.5 Å². The SMILES string of the molecule is C=CCNc1nc(NN2CCCCC2)nc2ccc(C)cc12. The van der Waals surface area contributed by atoms with Crippen LogP contribution in [0.25, 0.3) is 10.9 Å². The van der Waals surface area contributed by atoms with Gasteiger partial charge < -0.3 is 5.32 Å². The van der Waals surface area contributed by atoms with E-state index in [0.717, 1.165) is 29.8 Å². The third-order valence-corrected chi connectivity index (χ3v) is 3.88. The quantitative estimate of drug-likeness (QED) is 0.829. The second-order valence-electron chi connectivity index (χ2n) is 5.75. The summed E-state index contributed by atoms with van der Waals surface area (Å²) in [7, 11) is 0. The molecule has 3 rings (SSSR count). The van der Waals surface area contributed by atoms with Gasteiger partial charge in [0.1, 0.15) is 5.82 Å². The lowest BCUT2D eigenvalue weighted by molar-refractivity contribution is 0.271. The number of nitrogens with one attached hydrogen (secondary N) is 2. The molecule has 0 spiro atoms. The van der Waals surface area contributed by atoms with Crippen LogP contribution in [0.1, 0.15) is 24.8 Å². The largest absolute Gasteiger partial charge is 0.366 e. The predicted octanol–water partition coefficient (Wildman–Crippen LogP) is 3.35. The molecule has 1 aliphatic heterocycles. The van der Waals surface area contributed by atoms with Crippen LogP contribution in [-0.2, 0) is 0 Å². The van der Waals surface area contributed by atoms with Crippen molar-refractivity contribution in [1.82, 2.24) is 15.0 Å². The van der Waals surface area contributed by atoms with E-state index in [1.54, 1.807) is 0 Å². The highest BCUT2D eigenvalue weighted by Crippen LogP contribution is 2.23. The van der Waals surface area contributed by atoms with Gasteiger partial charge in [-0.1, -0.05) is 24.1 Å². The number of hydrazine groups is 1. The molecule has 2 aromatic rings. The van der Waals surface area contributed by atoms with Crippen molar-refractivity contribution in [2.24, 2.45) is 0 Å². The number of hydrogen-bond acceptors (Lipinski definition) is 5. The van der Waals surface area contributed by atoms with Crippen LogP contribution in [0.3, 0.4) is 0 Å². The van der Waals surface area contributed by atoms with Crippen molar-refractivity contribution in [1.29, 1.82) is 0 Å². The van der Waals surface area contributed by atoms with E-state index in [2.05, 4.69) is 51.4 Å². The second kappa shape index (κ2) is 6.75. The number of nitrogens with zero attached hydrogens (tertiary/aromatic N) is 3. The van der Waals surface area contributed by atoms with Crippen molar-refractivity contribution in [2.45, 2.75) is 26.2 Å². The van der Waals surface area contributed by atoms with Crippen LogP contribution in [0.15, 0.2) is 30.9 Å². The number of benzene rings is 1. The minimum atomic E-state index is 0.657. The molecule has 1 aliphatic rings. The summed E-state index contributed by atoms with van der Waals surface area (Å²) in [6.45, 7) is 8.62. The number of anilines is 2. The zero-order valence-electron chi connectivity index (χ0n) is 13.1. The zero-order valence-corrected chi connectivity index (χ0v) is 13.1. The number of aryl methyl sites for hydroxylation is 1. The molecule has 0 unspecified atom stereocenters. The van der Waals surface area contributed by atoms with Crippen molar-refractivity contribution >= 4 is 22.7 Å². The molecule has 1 saturated heterocycles. The van der Waals surface area contributed by atoms with E-state index < -0.39 is 0 Å². The minimum absolute atomic E-state index is 0.657. The molecule has 0 bridgehead atoms. The van der Waals surface area contributed by atoms with Gasteiger partial charge in [0.25, 0.3) is 0 Å². The smallest absolute Gasteiger partial charge is 0.240 e. The van der Waals surface area contributed by atoms with Crippen molar-refractivity contribution in [3.05, 3.63) is 36.4 Å². The van der Waals surface area contributed by atoms with Crippen LogP contribution in [0.2, 0.25) is 0 Å². The van der Waals surface area contributed by atoms with Crippen LogP contribution >= 0.6 is 0 Å². The highest BCUT2D eigenvalue weighted by molar-refractivity contribution is 5.90. The van der Waals surface area contributed by atoms with Gasteiger partial charge in [0.2, 0.25) is 5.95 Å². The third kappa shape index (κ3) is 3.36. The first-order valence-electron chi connectivity index (χ1n) is 7.91. The Bertz CT molecular complexity index is 661. The number of piperidine rings is 1. The topological polar surface area (TPSA) is 53.1 Å². The average molecular weight is 297 g/mol. The Morgan fingerprint density at radius 1 is 1.23 bits per heavy atom. The van der Waals surface area contributed by atoms with Crippen molar-refractivity contribution in [3.63, 3.8) is 0 Å². The molecule has 116 valence electrons. The van der Waals surface area contributed by atoms with E-state index in [-0.39, 0.29) is 0 Å². The molecule has 0 atom stereocenters. The molecule has 0 amide bonds. The van der Waals surface area contributed by atoms with Crippen molar-refractivity contribution in [2.75, 3.05) is 30.4 Å². The lowest BCUT2D eigenvalue weighted by atomic mass is 10.1. The molecule has 2 heterocycles. The number of aromatic nitrogens is 2. The van der Waals surface area contributed by atoms with E-state index in [1.165, 1.54) is 24.8 Å². The van der Waals surface area contributed by atoms with Gasteiger partial charge in [0, 0.05) is 25.0 Å². The summed E-state index contributed by atoms with van der Waals surface area (Å²) < 4.78 is 0. The summed E-state index contributed by atoms with van der Waals surface area (Å²) in [6, 6.07) is 6.25. The van der Waals surface area contributed by atoms with Gasteiger partial charge in [-0.05, 0) is 31.9 Å². The first-order chi connectivity index (χ1) is 10.8. The molecule has 22 heavy (non-hydrogen) atoms. The fourth-order valence-corrected chi connectivity index (χ4v) is 2.74. The molecule has 1 fully saturated rings. The molecule has 0 saturated carbocycles. The van der Waals surface area contributed by atoms with Gasteiger partial charge in [0.05, 0.1) is 5.52 Å². The number of hydrogen-bond donors (Lipinski definition) is 2. The Morgan fingerprint density at radius 3 is 2.82 bits per heavy atom. The van der Waals surface area contributed by atoms with Gasteiger partial charge in [-0.15, -0.1) is 6.58 Å². The fraction of sp³-hybridized carbons (Fsp3) is 0.412.